The molecule has 1 aromatic rings. The first-order chi connectivity index (χ1) is 11.0. The Morgan fingerprint density at radius 3 is 2.43 bits per heavy atom. The molecule has 0 atom stereocenters. The van der Waals surface area contributed by atoms with Crippen LogP contribution < -0.4 is 10.6 Å². The third-order valence-corrected chi connectivity index (χ3v) is 3.82. The van der Waals surface area contributed by atoms with Gasteiger partial charge in [0.1, 0.15) is 0 Å². The Labute approximate surface area is 139 Å². The van der Waals surface area contributed by atoms with Crippen LogP contribution in [0.2, 0.25) is 5.02 Å². The van der Waals surface area contributed by atoms with Gasteiger partial charge in [-0.25, -0.2) is 4.79 Å². The van der Waals surface area contributed by atoms with Gasteiger partial charge in [0.2, 0.25) is 0 Å². The molecule has 124 valence electrons. The van der Waals surface area contributed by atoms with E-state index in [0.29, 0.717) is 5.02 Å². The van der Waals surface area contributed by atoms with Gasteiger partial charge in [-0.05, 0) is 30.5 Å². The largest absolute Gasteiger partial charge is 0.455 e. The molecule has 2 rings (SSSR count). The fourth-order valence-corrected chi connectivity index (χ4v) is 2.55. The summed E-state index contributed by atoms with van der Waals surface area (Å²) in [5.41, 5.74) is 0.735. The minimum atomic E-state index is -0.648. The van der Waals surface area contributed by atoms with Crippen molar-refractivity contribution in [2.75, 3.05) is 6.61 Å². The second-order valence-corrected chi connectivity index (χ2v) is 5.90. The van der Waals surface area contributed by atoms with Crippen molar-refractivity contribution in [1.82, 2.24) is 10.6 Å². The number of halogens is 1. The molecule has 2 N–H and O–H groups in total. The molecule has 0 radical (unpaired) electrons. The molecule has 6 nitrogen and oxygen atoms in total. The van der Waals surface area contributed by atoms with E-state index in [0.717, 1.165) is 31.2 Å². The molecule has 1 aromatic carbocycles. The lowest BCUT2D eigenvalue weighted by Crippen LogP contribution is -2.45. The zero-order chi connectivity index (χ0) is 16.7. The van der Waals surface area contributed by atoms with Crippen LogP contribution in [0.25, 0.3) is 0 Å². The molecule has 1 aliphatic rings. The highest BCUT2D eigenvalue weighted by Gasteiger charge is 2.18. The number of rotatable bonds is 5. The zero-order valence-electron chi connectivity index (χ0n) is 12.6. The van der Waals surface area contributed by atoms with Crippen LogP contribution in [0.5, 0.6) is 0 Å². The number of urea groups is 1. The summed E-state index contributed by atoms with van der Waals surface area (Å²) in [6.07, 6.45) is 4.07. The van der Waals surface area contributed by atoms with Gasteiger partial charge in [-0.2, -0.15) is 0 Å². The minimum absolute atomic E-state index is 0.0404. The number of hydrogen-bond acceptors (Lipinski definition) is 4. The highest BCUT2D eigenvalue weighted by Crippen LogP contribution is 2.17. The number of carbonyl (C=O) groups excluding carboxylic acids is 3. The zero-order valence-corrected chi connectivity index (χ0v) is 13.4. The van der Waals surface area contributed by atoms with Gasteiger partial charge in [0.05, 0.1) is 6.42 Å². The predicted molar refractivity (Wildman–Crippen MR) is 85.0 cm³/mol. The van der Waals surface area contributed by atoms with E-state index in [2.05, 4.69) is 10.6 Å². The number of benzene rings is 1. The number of imide groups is 1. The quantitative estimate of drug-likeness (QED) is 0.806. The average molecular weight is 339 g/mol. The van der Waals surface area contributed by atoms with E-state index in [4.69, 9.17) is 16.3 Å². The number of amides is 3. The van der Waals surface area contributed by atoms with Gasteiger partial charge in [-0.3, -0.25) is 14.9 Å². The number of hydrogen-bond donors (Lipinski definition) is 2. The maximum atomic E-state index is 11.6. The first-order valence-corrected chi connectivity index (χ1v) is 7.91. The molecule has 23 heavy (non-hydrogen) atoms. The molecule has 0 heterocycles. The Balaban J connectivity index is 1.65. The van der Waals surface area contributed by atoms with E-state index < -0.39 is 24.5 Å². The smallest absolute Gasteiger partial charge is 0.321 e. The molecule has 0 aromatic heterocycles. The second-order valence-electron chi connectivity index (χ2n) is 5.47. The van der Waals surface area contributed by atoms with Crippen molar-refractivity contribution in [3.63, 3.8) is 0 Å². The normalized spacial score (nSPS) is 14.3. The SMILES string of the molecule is O=C(COC(=O)Cc1ccc(Cl)cc1)NC(=O)NC1CCCC1. The van der Waals surface area contributed by atoms with Crippen LogP contribution in [0.4, 0.5) is 4.79 Å². The molecule has 0 bridgehead atoms. The van der Waals surface area contributed by atoms with Gasteiger partial charge in [0.15, 0.2) is 6.61 Å². The fourth-order valence-electron chi connectivity index (χ4n) is 2.42. The first-order valence-electron chi connectivity index (χ1n) is 7.53. The Kier molecular flexibility index (Phi) is 6.40. The number of esters is 1. The molecular formula is C16H19ClN2O4. The van der Waals surface area contributed by atoms with E-state index >= 15 is 0 Å². The minimum Gasteiger partial charge on any atom is -0.455 e. The molecular weight excluding hydrogens is 320 g/mol. The van der Waals surface area contributed by atoms with E-state index in [1.807, 2.05) is 0 Å². The highest BCUT2D eigenvalue weighted by molar-refractivity contribution is 6.30. The molecule has 0 saturated heterocycles. The number of carbonyl (C=O) groups is 3. The molecule has 1 fully saturated rings. The van der Waals surface area contributed by atoms with E-state index in [-0.39, 0.29) is 12.5 Å². The highest BCUT2D eigenvalue weighted by atomic mass is 35.5. The van der Waals surface area contributed by atoms with Crippen molar-refractivity contribution in [2.24, 2.45) is 0 Å². The van der Waals surface area contributed by atoms with Gasteiger partial charge >= 0.3 is 12.0 Å². The Morgan fingerprint density at radius 1 is 1.13 bits per heavy atom. The first kappa shape index (κ1) is 17.3. The van der Waals surface area contributed by atoms with Crippen molar-refractivity contribution in [3.05, 3.63) is 34.9 Å². The topological polar surface area (TPSA) is 84.5 Å². The van der Waals surface area contributed by atoms with Crippen LogP contribution in [-0.4, -0.2) is 30.6 Å². The summed E-state index contributed by atoms with van der Waals surface area (Å²) in [5.74, 6) is -1.19. The summed E-state index contributed by atoms with van der Waals surface area (Å²) in [7, 11) is 0. The van der Waals surface area contributed by atoms with Crippen molar-refractivity contribution in [2.45, 2.75) is 38.1 Å². The van der Waals surface area contributed by atoms with Crippen molar-refractivity contribution >= 4 is 29.5 Å². The van der Waals surface area contributed by atoms with Crippen LogP contribution >= 0.6 is 11.6 Å². The maximum Gasteiger partial charge on any atom is 0.321 e. The third kappa shape index (κ3) is 6.28. The molecule has 1 aliphatic carbocycles. The van der Waals surface area contributed by atoms with Gasteiger partial charge in [0.25, 0.3) is 5.91 Å². The molecule has 0 spiro atoms. The summed E-state index contributed by atoms with van der Waals surface area (Å²) in [6, 6.07) is 6.33. The van der Waals surface area contributed by atoms with Crippen LogP contribution in [-0.2, 0) is 20.7 Å². The summed E-state index contributed by atoms with van der Waals surface area (Å²) >= 11 is 5.75. The van der Waals surface area contributed by atoms with E-state index in [1.165, 1.54) is 0 Å². The summed E-state index contributed by atoms with van der Waals surface area (Å²) < 4.78 is 4.84. The molecule has 0 aliphatic heterocycles. The van der Waals surface area contributed by atoms with Gasteiger partial charge < -0.3 is 10.1 Å². The van der Waals surface area contributed by atoms with Crippen LogP contribution in [0.1, 0.15) is 31.2 Å². The van der Waals surface area contributed by atoms with Gasteiger partial charge in [-0.15, -0.1) is 0 Å². The van der Waals surface area contributed by atoms with Gasteiger partial charge in [0, 0.05) is 11.1 Å². The molecule has 7 heteroatoms. The van der Waals surface area contributed by atoms with Crippen molar-refractivity contribution < 1.29 is 19.1 Å². The number of nitrogens with one attached hydrogen (secondary N) is 2. The summed E-state index contributed by atoms with van der Waals surface area (Å²) in [5, 5.41) is 5.45. The van der Waals surface area contributed by atoms with E-state index in [1.54, 1.807) is 24.3 Å². The van der Waals surface area contributed by atoms with Crippen molar-refractivity contribution in [1.29, 1.82) is 0 Å². The van der Waals surface area contributed by atoms with Gasteiger partial charge in [-0.1, -0.05) is 36.6 Å². The standard InChI is InChI=1S/C16H19ClN2O4/c17-12-7-5-11(6-8-12)9-15(21)23-10-14(20)19-16(22)18-13-3-1-2-4-13/h5-8,13H,1-4,9-10H2,(H2,18,19,20,22). The third-order valence-electron chi connectivity index (χ3n) is 3.57. The van der Waals surface area contributed by atoms with Crippen LogP contribution in [0.3, 0.4) is 0 Å². The second kappa shape index (κ2) is 8.53. The van der Waals surface area contributed by atoms with Crippen LogP contribution in [0, 0.1) is 0 Å². The summed E-state index contributed by atoms with van der Waals surface area (Å²) in [6.45, 7) is -0.482. The lowest BCUT2D eigenvalue weighted by atomic mass is 10.1. The monoisotopic (exact) mass is 338 g/mol. The fraction of sp³-hybridized carbons (Fsp3) is 0.438. The lowest BCUT2D eigenvalue weighted by Gasteiger charge is -2.12. The number of ether oxygens (including phenoxy) is 1. The molecule has 0 unspecified atom stereocenters. The predicted octanol–water partition coefficient (Wildman–Crippen LogP) is 2.19. The van der Waals surface area contributed by atoms with E-state index in [9.17, 15) is 14.4 Å². The van der Waals surface area contributed by atoms with Crippen LogP contribution in [0.15, 0.2) is 24.3 Å². The Bertz CT molecular complexity index is 568. The lowest BCUT2D eigenvalue weighted by molar-refractivity contribution is -0.147. The van der Waals surface area contributed by atoms with Crippen molar-refractivity contribution in [3.8, 4) is 0 Å². The Morgan fingerprint density at radius 2 is 1.78 bits per heavy atom. The average Bonchev–Trinajstić information content (AvgIpc) is 3.00. The Hall–Kier alpha value is -2.08. The summed E-state index contributed by atoms with van der Waals surface area (Å²) in [4.78, 5) is 34.8. The molecule has 3 amide bonds. The maximum absolute atomic E-state index is 11.6. The molecule has 1 saturated carbocycles.